The van der Waals surface area contributed by atoms with E-state index in [1.165, 1.54) is 82.6 Å². The molecule has 0 heterocycles. The molecule has 0 atom stereocenters. The van der Waals surface area contributed by atoms with Gasteiger partial charge >= 0.3 is 0 Å². The van der Waals surface area contributed by atoms with Gasteiger partial charge in [-0.15, -0.1) is 0 Å². The second kappa shape index (κ2) is 13.7. The van der Waals surface area contributed by atoms with Crippen LogP contribution in [-0.2, 0) is 11.2 Å². The number of nitrogens with zero attached hydrogens (tertiary/aromatic N) is 1. The zero-order chi connectivity index (χ0) is 21.7. The third-order valence-electron chi connectivity index (χ3n) is 7.60. The van der Waals surface area contributed by atoms with Crippen LogP contribution in [0.2, 0.25) is 0 Å². The maximum absolute atomic E-state index is 8.67. The van der Waals surface area contributed by atoms with Gasteiger partial charge in [0, 0.05) is 12.7 Å². The Morgan fingerprint density at radius 2 is 1.61 bits per heavy atom. The van der Waals surface area contributed by atoms with Gasteiger partial charge in [-0.25, -0.2) is 0 Å². The van der Waals surface area contributed by atoms with Crippen LogP contribution in [0.25, 0.3) is 0 Å². The highest BCUT2D eigenvalue weighted by molar-refractivity contribution is 5.26. The molecule has 0 saturated heterocycles. The van der Waals surface area contributed by atoms with Crippen molar-refractivity contribution in [1.82, 2.24) is 0 Å². The van der Waals surface area contributed by atoms with Gasteiger partial charge in [0.2, 0.25) is 0 Å². The van der Waals surface area contributed by atoms with E-state index in [9.17, 15) is 0 Å². The third kappa shape index (κ3) is 8.46. The van der Waals surface area contributed by atoms with Gasteiger partial charge < -0.3 is 4.74 Å². The van der Waals surface area contributed by atoms with Crippen molar-refractivity contribution in [3.8, 4) is 6.07 Å². The van der Waals surface area contributed by atoms with E-state index in [2.05, 4.69) is 43.3 Å². The van der Waals surface area contributed by atoms with Crippen LogP contribution < -0.4 is 0 Å². The molecule has 170 valence electrons. The quantitative estimate of drug-likeness (QED) is 0.267. The monoisotopic (exact) mass is 421 g/mol. The lowest BCUT2D eigenvalue weighted by atomic mass is 9.78. The number of hydrogen-bond acceptors (Lipinski definition) is 2. The fraction of sp³-hybridized carbons (Fsp3) is 0.690. The van der Waals surface area contributed by atoms with E-state index in [-0.39, 0.29) is 0 Å². The van der Waals surface area contributed by atoms with E-state index < -0.39 is 0 Å². The van der Waals surface area contributed by atoms with Gasteiger partial charge in [-0.3, -0.25) is 0 Å². The molecule has 31 heavy (non-hydrogen) atoms. The summed E-state index contributed by atoms with van der Waals surface area (Å²) in [7, 11) is 0. The highest BCUT2D eigenvalue weighted by Crippen LogP contribution is 2.37. The molecule has 0 spiro atoms. The van der Waals surface area contributed by atoms with Gasteiger partial charge in [-0.05, 0) is 93.1 Å². The molecule has 0 aliphatic heterocycles. The Morgan fingerprint density at radius 1 is 0.903 bits per heavy atom. The van der Waals surface area contributed by atoms with Crippen molar-refractivity contribution in [1.29, 1.82) is 5.26 Å². The summed E-state index contributed by atoms with van der Waals surface area (Å²) in [6.45, 7) is 3.23. The first-order valence-corrected chi connectivity index (χ1v) is 13.0. The Morgan fingerprint density at radius 3 is 2.29 bits per heavy atom. The van der Waals surface area contributed by atoms with Crippen molar-refractivity contribution in [2.75, 3.05) is 6.61 Å². The lowest BCUT2D eigenvalue weighted by Crippen LogP contribution is -2.25. The molecule has 2 nitrogen and oxygen atoms in total. The molecule has 2 saturated carbocycles. The fourth-order valence-corrected chi connectivity index (χ4v) is 5.45. The second-order valence-electron chi connectivity index (χ2n) is 9.98. The van der Waals surface area contributed by atoms with E-state index in [4.69, 9.17) is 10.00 Å². The Hall–Kier alpha value is -1.59. The van der Waals surface area contributed by atoms with E-state index >= 15 is 0 Å². The van der Waals surface area contributed by atoms with Gasteiger partial charge in [0.05, 0.1) is 12.2 Å². The average Bonchev–Trinajstić information content (AvgIpc) is 2.83. The summed E-state index contributed by atoms with van der Waals surface area (Å²) in [6, 6.07) is 11.7. The maximum Gasteiger partial charge on any atom is 0.0908 e. The standard InChI is InChI=1S/C29H43NO/c1-2-3-4-5-6-8-24-10-16-27(17-11-24)28-18-12-26(13-19-28)23-31-29-20-14-25(15-21-29)9-7-22-30/h7,9-11,16-17,25-26,28-29H,2-6,8,12-15,18-21,23H2,1H3/b9-7+/t25-,26-,28-,29-. The lowest BCUT2D eigenvalue weighted by molar-refractivity contribution is -0.00456. The Balaban J connectivity index is 1.31. The molecule has 0 radical (unpaired) electrons. The van der Waals surface area contributed by atoms with Gasteiger partial charge in [-0.2, -0.15) is 5.26 Å². The molecule has 0 N–H and O–H groups in total. The SMILES string of the molecule is CCCCCCCc1ccc([C@H]2CC[C@H](CO[C@H]3CC[C@H](/C=C/C#N)CC3)CC2)cc1. The first-order valence-electron chi connectivity index (χ1n) is 13.0. The molecule has 0 amide bonds. The first-order chi connectivity index (χ1) is 15.3. The molecule has 2 aliphatic carbocycles. The summed E-state index contributed by atoms with van der Waals surface area (Å²) >= 11 is 0. The van der Waals surface area contributed by atoms with E-state index in [0.29, 0.717) is 12.0 Å². The predicted octanol–water partition coefficient (Wildman–Crippen LogP) is 8.13. The van der Waals surface area contributed by atoms with Crippen molar-refractivity contribution >= 4 is 0 Å². The summed E-state index contributed by atoms with van der Waals surface area (Å²) < 4.78 is 6.30. The van der Waals surface area contributed by atoms with E-state index in [1.54, 1.807) is 11.6 Å². The molecular weight excluding hydrogens is 378 g/mol. The summed E-state index contributed by atoms with van der Waals surface area (Å²) in [5.74, 6) is 2.08. The number of nitriles is 1. The van der Waals surface area contributed by atoms with Gasteiger partial charge in [0.1, 0.15) is 0 Å². The number of aryl methyl sites for hydroxylation is 1. The van der Waals surface area contributed by atoms with Crippen LogP contribution in [0.3, 0.4) is 0 Å². The average molecular weight is 422 g/mol. The Bertz CT molecular complexity index is 670. The number of rotatable bonds is 11. The minimum Gasteiger partial charge on any atom is -0.378 e. The van der Waals surface area contributed by atoms with Gasteiger partial charge in [0.25, 0.3) is 0 Å². The van der Waals surface area contributed by atoms with Crippen LogP contribution in [0.1, 0.15) is 107 Å². The van der Waals surface area contributed by atoms with Crippen molar-refractivity contribution < 1.29 is 4.74 Å². The normalized spacial score (nSPS) is 26.7. The van der Waals surface area contributed by atoms with Crippen molar-refractivity contribution in [2.24, 2.45) is 11.8 Å². The zero-order valence-electron chi connectivity index (χ0n) is 19.7. The second-order valence-corrected chi connectivity index (χ2v) is 9.98. The van der Waals surface area contributed by atoms with Crippen molar-refractivity contribution in [3.05, 3.63) is 47.5 Å². The van der Waals surface area contributed by atoms with Crippen LogP contribution in [0.4, 0.5) is 0 Å². The number of unbranched alkanes of at least 4 members (excludes halogenated alkanes) is 4. The first kappa shape index (κ1) is 24.1. The van der Waals surface area contributed by atoms with Crippen LogP contribution in [0.5, 0.6) is 0 Å². The molecule has 0 aromatic heterocycles. The number of benzene rings is 1. The number of ether oxygens (including phenoxy) is 1. The molecular formula is C29H43NO. The maximum atomic E-state index is 8.67. The lowest BCUT2D eigenvalue weighted by Gasteiger charge is -2.32. The summed E-state index contributed by atoms with van der Waals surface area (Å²) in [5.41, 5.74) is 3.07. The van der Waals surface area contributed by atoms with Crippen LogP contribution in [0, 0.1) is 23.2 Å². The van der Waals surface area contributed by atoms with E-state index in [1.807, 2.05) is 0 Å². The topological polar surface area (TPSA) is 33.0 Å². The summed E-state index contributed by atoms with van der Waals surface area (Å²) in [5, 5.41) is 8.67. The fourth-order valence-electron chi connectivity index (χ4n) is 5.45. The molecule has 2 heteroatoms. The Labute approximate surface area is 191 Å². The molecule has 3 rings (SSSR count). The summed E-state index contributed by atoms with van der Waals surface area (Å²) in [4.78, 5) is 0. The zero-order valence-corrected chi connectivity index (χ0v) is 19.7. The largest absolute Gasteiger partial charge is 0.378 e. The molecule has 0 unspecified atom stereocenters. The highest BCUT2D eigenvalue weighted by Gasteiger charge is 2.25. The van der Waals surface area contributed by atoms with E-state index in [0.717, 1.165) is 31.3 Å². The third-order valence-corrected chi connectivity index (χ3v) is 7.60. The molecule has 1 aromatic rings. The molecule has 1 aromatic carbocycles. The molecule has 2 fully saturated rings. The van der Waals surface area contributed by atoms with Gasteiger partial charge in [-0.1, -0.05) is 62.9 Å². The molecule has 0 bridgehead atoms. The smallest absolute Gasteiger partial charge is 0.0908 e. The van der Waals surface area contributed by atoms with Crippen LogP contribution >= 0.6 is 0 Å². The summed E-state index contributed by atoms with van der Waals surface area (Å²) in [6.07, 6.45) is 22.1. The van der Waals surface area contributed by atoms with Crippen molar-refractivity contribution in [2.45, 2.75) is 109 Å². The predicted molar refractivity (Wildman–Crippen MR) is 130 cm³/mol. The minimum atomic E-state index is 0.443. The van der Waals surface area contributed by atoms with Crippen LogP contribution in [0.15, 0.2) is 36.4 Å². The highest BCUT2D eigenvalue weighted by atomic mass is 16.5. The number of allylic oxidation sites excluding steroid dienone is 2. The number of hydrogen-bond donors (Lipinski definition) is 0. The minimum absolute atomic E-state index is 0.443. The van der Waals surface area contributed by atoms with Crippen LogP contribution in [-0.4, -0.2) is 12.7 Å². The molecule has 2 aliphatic rings. The van der Waals surface area contributed by atoms with Crippen molar-refractivity contribution in [3.63, 3.8) is 0 Å². The van der Waals surface area contributed by atoms with Gasteiger partial charge in [0.15, 0.2) is 0 Å². The Kier molecular flexibility index (Phi) is 10.7.